The Hall–Kier alpha value is -4.20. The monoisotopic (exact) mass is 399 g/mol. The van der Waals surface area contributed by atoms with Crippen LogP contribution in [0.2, 0.25) is 0 Å². The predicted octanol–water partition coefficient (Wildman–Crippen LogP) is 3.87. The Morgan fingerprint density at radius 1 is 0.967 bits per heavy atom. The molecule has 0 aliphatic heterocycles. The number of rotatable bonds is 6. The highest BCUT2D eigenvalue weighted by Gasteiger charge is 2.08. The Morgan fingerprint density at radius 3 is 2.43 bits per heavy atom. The van der Waals surface area contributed by atoms with Crippen LogP contribution in [-0.4, -0.2) is 25.7 Å². The number of hydrogen-bond donors (Lipinski definition) is 3. The first-order valence-electron chi connectivity index (χ1n) is 9.39. The van der Waals surface area contributed by atoms with Crippen molar-refractivity contribution in [2.75, 3.05) is 10.6 Å². The molecule has 0 aliphatic carbocycles. The van der Waals surface area contributed by atoms with Crippen LogP contribution in [-0.2, 0) is 0 Å². The Morgan fingerprint density at radius 2 is 1.73 bits per heavy atom. The number of carbonyl (C=O) groups is 1. The van der Waals surface area contributed by atoms with Gasteiger partial charge in [0, 0.05) is 23.6 Å². The van der Waals surface area contributed by atoms with E-state index in [-0.39, 0.29) is 0 Å². The summed E-state index contributed by atoms with van der Waals surface area (Å²) in [5, 5.41) is 10.9. The number of hydrogen-bond acceptors (Lipinski definition) is 6. The summed E-state index contributed by atoms with van der Waals surface area (Å²) >= 11 is 0. The molecule has 2 heterocycles. The van der Waals surface area contributed by atoms with Crippen molar-refractivity contribution in [2.45, 2.75) is 13.8 Å². The van der Waals surface area contributed by atoms with E-state index in [2.05, 4.69) is 25.7 Å². The van der Waals surface area contributed by atoms with Crippen molar-refractivity contribution in [1.29, 1.82) is 0 Å². The summed E-state index contributed by atoms with van der Waals surface area (Å²) in [6.45, 7) is 3.79. The van der Waals surface area contributed by atoms with Gasteiger partial charge in [-0.1, -0.05) is 12.1 Å². The van der Waals surface area contributed by atoms with Crippen LogP contribution in [0.1, 0.15) is 22.0 Å². The third-order valence-electron chi connectivity index (χ3n) is 4.49. The summed E-state index contributed by atoms with van der Waals surface area (Å²) in [5.41, 5.74) is 9.13. The summed E-state index contributed by atoms with van der Waals surface area (Å²) < 4.78 is 1.80. The molecular weight excluding hydrogens is 378 g/mol. The zero-order valence-corrected chi connectivity index (χ0v) is 16.6. The van der Waals surface area contributed by atoms with Gasteiger partial charge in [0.25, 0.3) is 5.91 Å². The van der Waals surface area contributed by atoms with E-state index in [0.29, 0.717) is 17.1 Å². The zero-order valence-electron chi connectivity index (χ0n) is 16.6. The van der Waals surface area contributed by atoms with E-state index in [1.807, 2.05) is 56.3 Å². The average molecular weight is 399 g/mol. The lowest BCUT2D eigenvalue weighted by Gasteiger charge is -2.12. The van der Waals surface area contributed by atoms with Crippen molar-refractivity contribution in [2.24, 2.45) is 5.73 Å². The van der Waals surface area contributed by atoms with E-state index >= 15 is 0 Å². The van der Waals surface area contributed by atoms with Gasteiger partial charge in [-0.15, -0.1) is 0 Å². The number of pyridine rings is 1. The molecule has 8 heteroatoms. The number of amides is 1. The summed E-state index contributed by atoms with van der Waals surface area (Å²) in [4.78, 5) is 20.3. The van der Waals surface area contributed by atoms with Crippen LogP contribution in [0.3, 0.4) is 0 Å². The normalized spacial score (nSPS) is 10.6. The van der Waals surface area contributed by atoms with E-state index in [9.17, 15) is 4.79 Å². The predicted molar refractivity (Wildman–Crippen MR) is 117 cm³/mol. The summed E-state index contributed by atoms with van der Waals surface area (Å²) in [7, 11) is 0. The highest BCUT2D eigenvalue weighted by Crippen LogP contribution is 2.24. The number of carbonyl (C=O) groups excluding carboxylic acids is 1. The molecule has 30 heavy (non-hydrogen) atoms. The molecule has 150 valence electrons. The molecule has 8 nitrogen and oxygen atoms in total. The van der Waals surface area contributed by atoms with Crippen molar-refractivity contribution < 1.29 is 4.79 Å². The Balaban J connectivity index is 1.51. The smallest absolute Gasteiger partial charge is 0.250 e. The van der Waals surface area contributed by atoms with E-state index in [4.69, 9.17) is 5.73 Å². The highest BCUT2D eigenvalue weighted by molar-refractivity contribution is 5.99. The quantitative estimate of drug-likeness (QED) is 0.454. The fraction of sp³-hybridized carbons (Fsp3) is 0.0909. The maximum absolute atomic E-state index is 11.6. The van der Waals surface area contributed by atoms with Crippen LogP contribution in [0.5, 0.6) is 0 Å². The molecule has 0 saturated carbocycles. The number of aryl methyl sites for hydroxylation is 2. The number of nitrogens with one attached hydrogen (secondary N) is 2. The summed E-state index contributed by atoms with van der Waals surface area (Å²) in [6, 6.07) is 18.6. The van der Waals surface area contributed by atoms with Crippen LogP contribution >= 0.6 is 0 Å². The van der Waals surface area contributed by atoms with Gasteiger partial charge in [0.15, 0.2) is 0 Å². The molecule has 4 N–H and O–H groups in total. The summed E-state index contributed by atoms with van der Waals surface area (Å²) in [5.74, 6) is 1.76. The van der Waals surface area contributed by atoms with Crippen molar-refractivity contribution in [3.05, 3.63) is 84.1 Å². The van der Waals surface area contributed by atoms with Gasteiger partial charge in [-0.2, -0.15) is 5.10 Å². The fourth-order valence-electron chi connectivity index (χ4n) is 3.14. The molecule has 4 aromatic rings. The van der Waals surface area contributed by atoms with Crippen LogP contribution < -0.4 is 16.4 Å². The Kier molecular flexibility index (Phi) is 5.13. The lowest BCUT2D eigenvalue weighted by Crippen LogP contribution is -2.13. The molecule has 0 unspecified atom stereocenters. The largest absolute Gasteiger partial charge is 0.366 e. The van der Waals surface area contributed by atoms with Gasteiger partial charge in [0.1, 0.15) is 17.5 Å². The van der Waals surface area contributed by atoms with Gasteiger partial charge in [0.05, 0.1) is 16.9 Å². The van der Waals surface area contributed by atoms with Crippen molar-refractivity contribution in [3.63, 3.8) is 0 Å². The molecule has 0 bridgehead atoms. The second-order valence-corrected chi connectivity index (χ2v) is 6.75. The number of nitrogens with two attached hydrogens (primary N) is 1. The van der Waals surface area contributed by atoms with E-state index < -0.39 is 5.91 Å². The van der Waals surface area contributed by atoms with E-state index in [1.54, 1.807) is 29.1 Å². The van der Waals surface area contributed by atoms with Gasteiger partial charge in [-0.05, 0) is 56.3 Å². The number of primary amides is 1. The average Bonchev–Trinajstić information content (AvgIpc) is 3.07. The molecule has 2 aromatic heterocycles. The highest BCUT2D eigenvalue weighted by atomic mass is 16.1. The molecule has 2 aromatic carbocycles. The van der Waals surface area contributed by atoms with Crippen LogP contribution in [0.25, 0.3) is 5.69 Å². The summed E-state index contributed by atoms with van der Waals surface area (Å²) in [6.07, 6.45) is 1.69. The number of benzene rings is 2. The molecule has 0 aliphatic rings. The standard InChI is InChI=1S/C22H21N7O/c1-14-25-15(2)29(28-14)18-9-7-16(8-10-18)27-21-13-17(11-12-24-21)26-20-6-4-3-5-19(20)22(23)30/h3-13H,1-2H3,(H2,23,30)(H2,24,26,27). The van der Waals surface area contributed by atoms with Gasteiger partial charge >= 0.3 is 0 Å². The second-order valence-electron chi connectivity index (χ2n) is 6.75. The van der Waals surface area contributed by atoms with Gasteiger partial charge < -0.3 is 16.4 Å². The third-order valence-corrected chi connectivity index (χ3v) is 4.49. The number of anilines is 4. The zero-order chi connectivity index (χ0) is 21.1. The SMILES string of the molecule is Cc1nc(C)n(-c2ccc(Nc3cc(Nc4ccccc4C(N)=O)ccn3)cc2)n1. The molecular formula is C22H21N7O. The maximum Gasteiger partial charge on any atom is 0.250 e. The second kappa shape index (κ2) is 8.04. The maximum atomic E-state index is 11.6. The third kappa shape index (κ3) is 4.12. The molecule has 1 amide bonds. The van der Waals surface area contributed by atoms with Gasteiger partial charge in [0.2, 0.25) is 0 Å². The Labute approximate surface area is 173 Å². The lowest BCUT2D eigenvalue weighted by molar-refractivity contribution is 0.100. The minimum absolute atomic E-state index is 0.429. The van der Waals surface area contributed by atoms with E-state index in [1.165, 1.54) is 0 Å². The molecule has 0 radical (unpaired) electrons. The molecule has 0 saturated heterocycles. The lowest BCUT2D eigenvalue weighted by atomic mass is 10.1. The minimum Gasteiger partial charge on any atom is -0.366 e. The van der Waals surface area contributed by atoms with Crippen LogP contribution in [0.15, 0.2) is 66.9 Å². The van der Waals surface area contributed by atoms with Crippen LogP contribution in [0.4, 0.5) is 22.9 Å². The Bertz CT molecular complexity index is 1200. The van der Waals surface area contributed by atoms with E-state index in [0.717, 1.165) is 28.7 Å². The number of aromatic nitrogens is 4. The van der Waals surface area contributed by atoms with Crippen molar-refractivity contribution >= 4 is 28.8 Å². The first-order valence-corrected chi connectivity index (χ1v) is 9.39. The van der Waals surface area contributed by atoms with Crippen molar-refractivity contribution in [1.82, 2.24) is 19.7 Å². The van der Waals surface area contributed by atoms with Crippen LogP contribution in [0, 0.1) is 13.8 Å². The van der Waals surface area contributed by atoms with Crippen molar-refractivity contribution in [3.8, 4) is 5.69 Å². The first-order chi connectivity index (χ1) is 14.5. The fourth-order valence-corrected chi connectivity index (χ4v) is 3.14. The number of nitrogens with zero attached hydrogens (tertiary/aromatic N) is 4. The molecule has 0 fully saturated rings. The topological polar surface area (TPSA) is 111 Å². The molecule has 0 atom stereocenters. The van der Waals surface area contributed by atoms with Gasteiger partial charge in [-0.3, -0.25) is 4.79 Å². The molecule has 0 spiro atoms. The first kappa shape index (κ1) is 19.1. The molecule has 4 rings (SSSR count). The van der Waals surface area contributed by atoms with Gasteiger partial charge in [-0.25, -0.2) is 14.6 Å². The number of para-hydroxylation sites is 1. The minimum atomic E-state index is -0.483.